The van der Waals surface area contributed by atoms with E-state index in [-0.39, 0.29) is 11.8 Å². The number of benzene rings is 2. The van der Waals surface area contributed by atoms with Crippen molar-refractivity contribution in [2.75, 3.05) is 18.6 Å². The summed E-state index contributed by atoms with van der Waals surface area (Å²) in [5.41, 5.74) is 2.83. The number of amides is 2. The zero-order valence-corrected chi connectivity index (χ0v) is 14.8. The van der Waals surface area contributed by atoms with Crippen molar-refractivity contribution in [3.8, 4) is 5.75 Å². The molecule has 3 rings (SSSR count). The van der Waals surface area contributed by atoms with Gasteiger partial charge < -0.3 is 15.0 Å². The first-order valence-corrected chi connectivity index (χ1v) is 8.65. The Kier molecular flexibility index (Phi) is 5.69. The number of ether oxygens (including phenoxy) is 1. The molecule has 2 aromatic rings. The van der Waals surface area contributed by atoms with E-state index in [1.165, 1.54) is 6.08 Å². The summed E-state index contributed by atoms with van der Waals surface area (Å²) in [6, 6.07) is 15.2. The average Bonchev–Trinajstić information content (AvgIpc) is 3.11. The zero-order chi connectivity index (χ0) is 18.4. The van der Waals surface area contributed by atoms with Crippen molar-refractivity contribution in [2.24, 2.45) is 0 Å². The summed E-state index contributed by atoms with van der Waals surface area (Å²) in [6.07, 6.45) is 4.81. The topological polar surface area (TPSA) is 58.6 Å². The molecule has 1 fully saturated rings. The van der Waals surface area contributed by atoms with Gasteiger partial charge in [0.15, 0.2) is 0 Å². The molecule has 1 N–H and O–H groups in total. The molecule has 26 heavy (non-hydrogen) atoms. The lowest BCUT2D eigenvalue weighted by atomic mass is 10.2. The standard InChI is InChI=1S/C21H22N2O3/c1-26-19-11-6-17(7-12-19)15-22-20(24)13-8-16-4-9-18(10-5-16)23-14-2-3-21(23)25/h4-13H,2-3,14-15H2,1H3,(H,22,24)/b13-8+. The van der Waals surface area contributed by atoms with Gasteiger partial charge in [-0.1, -0.05) is 24.3 Å². The zero-order valence-electron chi connectivity index (χ0n) is 14.8. The third kappa shape index (κ3) is 4.51. The summed E-state index contributed by atoms with van der Waals surface area (Å²) in [6.45, 7) is 1.24. The van der Waals surface area contributed by atoms with Gasteiger partial charge in [0.1, 0.15) is 5.75 Å². The van der Waals surface area contributed by atoms with Crippen LogP contribution in [-0.4, -0.2) is 25.5 Å². The van der Waals surface area contributed by atoms with Crippen LogP contribution in [0.5, 0.6) is 5.75 Å². The van der Waals surface area contributed by atoms with Crippen LogP contribution in [0.4, 0.5) is 5.69 Å². The lowest BCUT2D eigenvalue weighted by molar-refractivity contribution is -0.117. The first-order valence-electron chi connectivity index (χ1n) is 8.65. The third-order valence-corrected chi connectivity index (χ3v) is 4.33. The second-order valence-electron chi connectivity index (χ2n) is 6.14. The normalized spacial score (nSPS) is 14.0. The van der Waals surface area contributed by atoms with Crippen molar-refractivity contribution in [1.82, 2.24) is 5.32 Å². The Hall–Kier alpha value is -3.08. The second kappa shape index (κ2) is 8.34. The Bertz CT molecular complexity index is 795. The van der Waals surface area contributed by atoms with Gasteiger partial charge in [0, 0.05) is 31.3 Å². The van der Waals surface area contributed by atoms with Crippen molar-refractivity contribution in [2.45, 2.75) is 19.4 Å². The molecule has 1 aliphatic rings. The summed E-state index contributed by atoms with van der Waals surface area (Å²) in [5, 5.41) is 2.85. The molecule has 5 heteroatoms. The van der Waals surface area contributed by atoms with Crippen LogP contribution in [-0.2, 0) is 16.1 Å². The van der Waals surface area contributed by atoms with Crippen LogP contribution >= 0.6 is 0 Å². The highest BCUT2D eigenvalue weighted by molar-refractivity contribution is 5.95. The van der Waals surface area contributed by atoms with E-state index in [4.69, 9.17) is 4.74 Å². The molecule has 0 bridgehead atoms. The van der Waals surface area contributed by atoms with E-state index < -0.39 is 0 Å². The lowest BCUT2D eigenvalue weighted by Gasteiger charge is -2.15. The number of hydrogen-bond acceptors (Lipinski definition) is 3. The molecule has 0 atom stereocenters. The molecular weight excluding hydrogens is 328 g/mol. The van der Waals surface area contributed by atoms with E-state index in [0.29, 0.717) is 13.0 Å². The van der Waals surface area contributed by atoms with E-state index in [1.807, 2.05) is 48.5 Å². The first-order chi connectivity index (χ1) is 12.7. The summed E-state index contributed by atoms with van der Waals surface area (Å²) in [4.78, 5) is 25.5. The minimum absolute atomic E-state index is 0.153. The van der Waals surface area contributed by atoms with Gasteiger partial charge in [-0.05, 0) is 47.9 Å². The number of nitrogens with one attached hydrogen (secondary N) is 1. The van der Waals surface area contributed by atoms with Crippen LogP contribution in [0.25, 0.3) is 6.08 Å². The fraction of sp³-hybridized carbons (Fsp3) is 0.238. The van der Waals surface area contributed by atoms with Gasteiger partial charge in [-0.15, -0.1) is 0 Å². The molecule has 2 aromatic carbocycles. The summed E-state index contributed by atoms with van der Waals surface area (Å²) in [7, 11) is 1.62. The number of hydrogen-bond donors (Lipinski definition) is 1. The fourth-order valence-corrected chi connectivity index (χ4v) is 2.85. The van der Waals surface area contributed by atoms with Gasteiger partial charge in [-0.25, -0.2) is 0 Å². The summed E-state index contributed by atoms with van der Waals surface area (Å²) >= 11 is 0. The van der Waals surface area contributed by atoms with E-state index in [0.717, 1.165) is 35.5 Å². The fourth-order valence-electron chi connectivity index (χ4n) is 2.85. The summed E-state index contributed by atoms with van der Waals surface area (Å²) in [5.74, 6) is 0.810. The molecule has 0 aliphatic carbocycles. The highest BCUT2D eigenvalue weighted by Gasteiger charge is 2.21. The van der Waals surface area contributed by atoms with Crippen molar-refractivity contribution in [3.05, 3.63) is 65.7 Å². The highest BCUT2D eigenvalue weighted by atomic mass is 16.5. The molecule has 1 aliphatic heterocycles. The Morgan fingerprint density at radius 1 is 1.15 bits per heavy atom. The van der Waals surface area contributed by atoms with Crippen molar-refractivity contribution in [3.63, 3.8) is 0 Å². The maximum Gasteiger partial charge on any atom is 0.244 e. The average molecular weight is 350 g/mol. The van der Waals surface area contributed by atoms with E-state index >= 15 is 0 Å². The minimum atomic E-state index is -0.153. The van der Waals surface area contributed by atoms with Crippen molar-refractivity contribution in [1.29, 1.82) is 0 Å². The summed E-state index contributed by atoms with van der Waals surface area (Å²) < 4.78 is 5.11. The number of nitrogens with zero attached hydrogens (tertiary/aromatic N) is 1. The van der Waals surface area contributed by atoms with Crippen LogP contribution in [0, 0.1) is 0 Å². The molecule has 1 saturated heterocycles. The lowest BCUT2D eigenvalue weighted by Crippen LogP contribution is -2.23. The number of anilines is 1. The largest absolute Gasteiger partial charge is 0.497 e. The molecule has 134 valence electrons. The van der Waals surface area contributed by atoms with Gasteiger partial charge in [0.2, 0.25) is 11.8 Å². The number of carbonyl (C=O) groups is 2. The van der Waals surface area contributed by atoms with Gasteiger partial charge in [-0.2, -0.15) is 0 Å². The predicted octanol–water partition coefficient (Wildman–Crippen LogP) is 3.15. The Balaban J connectivity index is 1.51. The van der Waals surface area contributed by atoms with Crippen LogP contribution in [0.15, 0.2) is 54.6 Å². The van der Waals surface area contributed by atoms with E-state index in [1.54, 1.807) is 18.1 Å². The van der Waals surface area contributed by atoms with Gasteiger partial charge >= 0.3 is 0 Å². The minimum Gasteiger partial charge on any atom is -0.497 e. The molecule has 5 nitrogen and oxygen atoms in total. The van der Waals surface area contributed by atoms with Crippen LogP contribution in [0.3, 0.4) is 0 Å². The number of carbonyl (C=O) groups excluding carboxylic acids is 2. The Morgan fingerprint density at radius 3 is 2.50 bits per heavy atom. The van der Waals surface area contributed by atoms with Gasteiger partial charge in [0.05, 0.1) is 7.11 Å². The maximum atomic E-state index is 12.0. The molecule has 0 aromatic heterocycles. The van der Waals surface area contributed by atoms with Crippen molar-refractivity contribution < 1.29 is 14.3 Å². The number of rotatable bonds is 6. The van der Waals surface area contributed by atoms with Crippen molar-refractivity contribution >= 4 is 23.6 Å². The second-order valence-corrected chi connectivity index (χ2v) is 6.14. The number of methoxy groups -OCH3 is 1. The molecule has 1 heterocycles. The monoisotopic (exact) mass is 350 g/mol. The van der Waals surface area contributed by atoms with Crippen LogP contribution in [0.2, 0.25) is 0 Å². The Labute approximate surface area is 153 Å². The molecule has 0 radical (unpaired) electrons. The predicted molar refractivity (Wildman–Crippen MR) is 102 cm³/mol. The van der Waals surface area contributed by atoms with E-state index in [2.05, 4.69) is 5.32 Å². The first kappa shape index (κ1) is 17.7. The molecular formula is C21H22N2O3. The smallest absolute Gasteiger partial charge is 0.244 e. The quantitative estimate of drug-likeness (QED) is 0.814. The van der Waals surface area contributed by atoms with Crippen LogP contribution in [0.1, 0.15) is 24.0 Å². The molecule has 2 amide bonds. The SMILES string of the molecule is COc1ccc(CNC(=O)/C=C/c2ccc(N3CCCC3=O)cc2)cc1. The molecule has 0 saturated carbocycles. The van der Waals surface area contributed by atoms with Gasteiger partial charge in [-0.3, -0.25) is 9.59 Å². The van der Waals surface area contributed by atoms with Crippen LogP contribution < -0.4 is 15.0 Å². The third-order valence-electron chi connectivity index (χ3n) is 4.33. The molecule has 0 spiro atoms. The Morgan fingerprint density at radius 2 is 1.88 bits per heavy atom. The highest BCUT2D eigenvalue weighted by Crippen LogP contribution is 2.21. The van der Waals surface area contributed by atoms with Gasteiger partial charge in [0.25, 0.3) is 0 Å². The molecule has 0 unspecified atom stereocenters. The van der Waals surface area contributed by atoms with E-state index in [9.17, 15) is 9.59 Å². The maximum absolute atomic E-state index is 12.0.